The van der Waals surface area contributed by atoms with E-state index in [0.29, 0.717) is 36.0 Å². The molecule has 32 heavy (non-hydrogen) atoms. The highest BCUT2D eigenvalue weighted by Crippen LogP contribution is 2.68. The van der Waals surface area contributed by atoms with Crippen molar-refractivity contribution in [3.8, 4) is 0 Å². The van der Waals surface area contributed by atoms with Crippen LogP contribution in [0.15, 0.2) is 0 Å². The molecule has 4 aliphatic carbocycles. The van der Waals surface area contributed by atoms with Crippen molar-refractivity contribution >= 4 is 0 Å². The van der Waals surface area contributed by atoms with Gasteiger partial charge in [-0.1, -0.05) is 27.7 Å². The second-order valence-corrected chi connectivity index (χ2v) is 12.8. The third-order valence-electron chi connectivity index (χ3n) is 11.4. The van der Waals surface area contributed by atoms with Gasteiger partial charge in [-0.15, -0.1) is 0 Å². The zero-order valence-electron chi connectivity index (χ0n) is 20.7. The fourth-order valence-electron chi connectivity index (χ4n) is 9.17. The molecule has 0 radical (unpaired) electrons. The monoisotopic (exact) mass is 452 g/mol. The summed E-state index contributed by atoms with van der Waals surface area (Å²) < 4.78 is 0. The molecule has 4 rings (SSSR count). The molecule has 4 aliphatic rings. The Bertz CT molecular complexity index is 656. The summed E-state index contributed by atoms with van der Waals surface area (Å²) in [7, 11) is 0. The molecule has 4 unspecified atom stereocenters. The minimum atomic E-state index is -0.480. The molecule has 0 aromatic rings. The van der Waals surface area contributed by atoms with E-state index < -0.39 is 6.10 Å². The Labute approximate surface area is 194 Å². The van der Waals surface area contributed by atoms with Crippen molar-refractivity contribution in [1.82, 2.24) is 0 Å². The summed E-state index contributed by atoms with van der Waals surface area (Å²) in [4.78, 5) is 0. The number of fused-ring (bicyclic) bond motifs is 5. The summed E-state index contributed by atoms with van der Waals surface area (Å²) >= 11 is 0. The molecule has 0 aromatic heterocycles. The Kier molecular flexibility index (Phi) is 7.09. The molecule has 0 spiro atoms. The third kappa shape index (κ3) is 3.88. The zero-order valence-corrected chi connectivity index (χ0v) is 20.7. The minimum Gasteiger partial charge on any atom is -0.396 e. The molecule has 5 nitrogen and oxygen atoms in total. The van der Waals surface area contributed by atoms with Crippen LogP contribution in [0.4, 0.5) is 0 Å². The van der Waals surface area contributed by atoms with Crippen LogP contribution >= 0.6 is 0 Å². The molecule has 0 aliphatic heterocycles. The summed E-state index contributed by atoms with van der Waals surface area (Å²) in [5.74, 6) is 1.96. The second kappa shape index (κ2) is 9.11. The van der Waals surface area contributed by atoms with E-state index in [2.05, 4.69) is 20.8 Å². The Balaban J connectivity index is 1.53. The van der Waals surface area contributed by atoms with Crippen LogP contribution in [-0.4, -0.2) is 56.6 Å². The first-order valence-corrected chi connectivity index (χ1v) is 13.4. The summed E-state index contributed by atoms with van der Waals surface area (Å²) in [6.45, 7) is 8.82. The molecule has 4 fully saturated rings. The molecule has 186 valence electrons. The average Bonchev–Trinajstić information content (AvgIpc) is 3.11. The minimum absolute atomic E-state index is 0.00915. The summed E-state index contributed by atoms with van der Waals surface area (Å²) in [6, 6.07) is 0. The van der Waals surface area contributed by atoms with Crippen LogP contribution in [0.25, 0.3) is 0 Å². The van der Waals surface area contributed by atoms with E-state index in [-0.39, 0.29) is 47.6 Å². The van der Waals surface area contributed by atoms with Gasteiger partial charge in [-0.2, -0.15) is 0 Å². The molecule has 0 amide bonds. The van der Waals surface area contributed by atoms with Crippen LogP contribution in [0.3, 0.4) is 0 Å². The predicted octanol–water partition coefficient (Wildman–Crippen LogP) is 3.35. The maximum absolute atomic E-state index is 11.6. The molecule has 0 aromatic carbocycles. The van der Waals surface area contributed by atoms with Gasteiger partial charge in [-0.05, 0) is 104 Å². The number of aliphatic hydroxyl groups excluding tert-OH is 5. The molecule has 4 saturated carbocycles. The van der Waals surface area contributed by atoms with E-state index in [1.54, 1.807) is 0 Å². The highest BCUT2D eigenvalue weighted by Gasteiger charge is 2.65. The largest absolute Gasteiger partial charge is 0.396 e. The Morgan fingerprint density at radius 2 is 1.62 bits per heavy atom. The Hall–Kier alpha value is -0.200. The van der Waals surface area contributed by atoms with Crippen LogP contribution in [0, 0.1) is 52.3 Å². The standard InChI is InChI=1S/C27H48O5/c1-15(5-8-22(30)16(2)14-28)19-6-7-20-25-21(13-24(32)27(19,20)4)26(3)10-9-18(29)11-17(26)12-23(25)31/h15-25,28-32H,5-14H2,1-4H3/t15-,16+,17?,18?,19-,20+,21+,22+,23?,24?,25+,26+,27-/m1/s1. The highest BCUT2D eigenvalue weighted by atomic mass is 16.3. The van der Waals surface area contributed by atoms with E-state index >= 15 is 0 Å². The predicted molar refractivity (Wildman–Crippen MR) is 125 cm³/mol. The molecule has 13 atom stereocenters. The SMILES string of the molecule is C[C@H](CC[C@H](O)[C@@H](C)CO)[C@H]1CC[C@H]2[C@@H]3C(O)CC4CC(O)CC[C@]4(C)[C@H]3CC(O)[C@]12C. The summed E-state index contributed by atoms with van der Waals surface area (Å²) in [5, 5.41) is 52.9. The van der Waals surface area contributed by atoms with Crippen LogP contribution in [0.1, 0.15) is 85.5 Å². The number of hydrogen-bond donors (Lipinski definition) is 5. The van der Waals surface area contributed by atoms with E-state index in [0.717, 1.165) is 51.4 Å². The van der Waals surface area contributed by atoms with Gasteiger partial charge in [0.15, 0.2) is 0 Å². The van der Waals surface area contributed by atoms with Crippen LogP contribution in [-0.2, 0) is 0 Å². The van der Waals surface area contributed by atoms with Gasteiger partial charge >= 0.3 is 0 Å². The van der Waals surface area contributed by atoms with Crippen molar-refractivity contribution < 1.29 is 25.5 Å². The van der Waals surface area contributed by atoms with Crippen molar-refractivity contribution in [1.29, 1.82) is 0 Å². The lowest BCUT2D eigenvalue weighted by atomic mass is 9.43. The van der Waals surface area contributed by atoms with Gasteiger partial charge in [0, 0.05) is 12.5 Å². The van der Waals surface area contributed by atoms with Gasteiger partial charge < -0.3 is 25.5 Å². The Morgan fingerprint density at radius 3 is 2.31 bits per heavy atom. The van der Waals surface area contributed by atoms with Crippen molar-refractivity contribution in [2.75, 3.05) is 6.61 Å². The van der Waals surface area contributed by atoms with Crippen molar-refractivity contribution in [2.45, 2.75) is 110 Å². The van der Waals surface area contributed by atoms with E-state index in [1.807, 2.05) is 6.92 Å². The van der Waals surface area contributed by atoms with Crippen LogP contribution in [0.5, 0.6) is 0 Å². The van der Waals surface area contributed by atoms with Crippen molar-refractivity contribution in [3.05, 3.63) is 0 Å². The summed E-state index contributed by atoms with van der Waals surface area (Å²) in [6.07, 6.45) is 6.54. The first-order chi connectivity index (χ1) is 15.0. The number of rotatable bonds is 6. The Morgan fingerprint density at radius 1 is 0.906 bits per heavy atom. The molecule has 0 heterocycles. The topological polar surface area (TPSA) is 101 Å². The smallest absolute Gasteiger partial charge is 0.0602 e. The molecule has 0 saturated heterocycles. The molecule has 5 N–H and O–H groups in total. The fourth-order valence-corrected chi connectivity index (χ4v) is 9.17. The highest BCUT2D eigenvalue weighted by molar-refractivity contribution is 5.14. The zero-order chi connectivity index (χ0) is 23.4. The van der Waals surface area contributed by atoms with Gasteiger partial charge in [0.25, 0.3) is 0 Å². The van der Waals surface area contributed by atoms with Gasteiger partial charge in [0.1, 0.15) is 0 Å². The average molecular weight is 453 g/mol. The second-order valence-electron chi connectivity index (χ2n) is 12.8. The summed E-state index contributed by atoms with van der Waals surface area (Å²) in [5.41, 5.74) is -0.0772. The number of aliphatic hydroxyl groups is 5. The van der Waals surface area contributed by atoms with Crippen molar-refractivity contribution in [3.63, 3.8) is 0 Å². The van der Waals surface area contributed by atoms with E-state index in [9.17, 15) is 25.5 Å². The normalized spacial score (nSPS) is 51.3. The maximum Gasteiger partial charge on any atom is 0.0602 e. The fraction of sp³-hybridized carbons (Fsp3) is 1.00. The molecular formula is C27H48O5. The quantitative estimate of drug-likeness (QED) is 0.425. The van der Waals surface area contributed by atoms with Gasteiger partial charge in [-0.25, -0.2) is 0 Å². The lowest BCUT2D eigenvalue weighted by Gasteiger charge is -2.63. The third-order valence-corrected chi connectivity index (χ3v) is 11.4. The first kappa shape index (κ1) is 24.9. The van der Waals surface area contributed by atoms with Gasteiger partial charge in [0.05, 0.1) is 24.4 Å². The first-order valence-electron chi connectivity index (χ1n) is 13.4. The van der Waals surface area contributed by atoms with Crippen molar-refractivity contribution in [2.24, 2.45) is 52.3 Å². The lowest BCUT2D eigenvalue weighted by Crippen LogP contribution is -2.62. The number of hydrogen-bond acceptors (Lipinski definition) is 5. The van der Waals surface area contributed by atoms with Crippen LogP contribution < -0.4 is 0 Å². The van der Waals surface area contributed by atoms with Gasteiger partial charge in [0.2, 0.25) is 0 Å². The maximum atomic E-state index is 11.6. The van der Waals surface area contributed by atoms with E-state index in [1.165, 1.54) is 0 Å². The van der Waals surface area contributed by atoms with Gasteiger partial charge in [-0.3, -0.25) is 0 Å². The molecule has 0 bridgehead atoms. The van der Waals surface area contributed by atoms with E-state index in [4.69, 9.17) is 0 Å². The molecular weight excluding hydrogens is 404 g/mol. The lowest BCUT2D eigenvalue weighted by molar-refractivity contribution is -0.207. The van der Waals surface area contributed by atoms with Crippen LogP contribution in [0.2, 0.25) is 0 Å². The molecule has 5 heteroatoms.